The van der Waals surface area contributed by atoms with Crippen molar-refractivity contribution < 1.29 is 9.53 Å². The molecule has 0 N–H and O–H groups in total. The van der Waals surface area contributed by atoms with Crippen LogP contribution >= 0.6 is 11.3 Å². The number of amides is 1. The maximum atomic E-state index is 13.3. The van der Waals surface area contributed by atoms with E-state index in [2.05, 4.69) is 43.5 Å². The van der Waals surface area contributed by atoms with Crippen LogP contribution in [0.25, 0.3) is 0 Å². The van der Waals surface area contributed by atoms with Gasteiger partial charge in [0, 0.05) is 17.6 Å². The van der Waals surface area contributed by atoms with Crippen molar-refractivity contribution in [2.75, 3.05) is 0 Å². The Labute approximate surface area is 160 Å². The Morgan fingerprint density at radius 1 is 1.31 bits per heavy atom. The highest BCUT2D eigenvalue weighted by atomic mass is 32.1. The molecule has 3 heterocycles. The van der Waals surface area contributed by atoms with Gasteiger partial charge in [-0.25, -0.2) is 0 Å². The number of unbranched alkanes of at least 4 members (excludes halogenated alkanes) is 1. The second-order valence-electron chi connectivity index (χ2n) is 9.67. The fourth-order valence-electron chi connectivity index (χ4n) is 5.08. The smallest absolute Gasteiger partial charge is 0.280 e. The van der Waals surface area contributed by atoms with E-state index in [9.17, 15) is 4.79 Å². The van der Waals surface area contributed by atoms with E-state index < -0.39 is 5.60 Å². The van der Waals surface area contributed by atoms with Crippen molar-refractivity contribution in [2.24, 2.45) is 16.8 Å². The summed E-state index contributed by atoms with van der Waals surface area (Å²) in [6.45, 7) is 9.78. The SMILES string of the molecule is CCCCn1cc(C(C)(C)C)s/c1=N\C(=O)C12CC3CC(CC(C3)O1)C2. The summed E-state index contributed by atoms with van der Waals surface area (Å²) < 4.78 is 8.48. The third-order valence-corrected chi connectivity index (χ3v) is 7.73. The Kier molecular flexibility index (Phi) is 4.67. The van der Waals surface area contributed by atoms with Crippen molar-refractivity contribution >= 4 is 17.2 Å². The molecule has 2 aliphatic carbocycles. The lowest BCUT2D eigenvalue weighted by molar-refractivity contribution is -0.216. The van der Waals surface area contributed by atoms with E-state index >= 15 is 0 Å². The van der Waals surface area contributed by atoms with E-state index in [0.29, 0.717) is 17.9 Å². The molecule has 144 valence electrons. The Balaban J connectivity index is 1.67. The summed E-state index contributed by atoms with van der Waals surface area (Å²) in [5.74, 6) is 1.31. The number of hydrogen-bond donors (Lipinski definition) is 0. The monoisotopic (exact) mass is 376 g/mol. The molecule has 2 aliphatic heterocycles. The minimum absolute atomic E-state index is 0.0239. The topological polar surface area (TPSA) is 43.6 Å². The van der Waals surface area contributed by atoms with Gasteiger partial charge in [-0.3, -0.25) is 4.79 Å². The number of nitrogens with zero attached hydrogens (tertiary/aromatic N) is 2. The highest BCUT2D eigenvalue weighted by Crippen LogP contribution is 2.53. The van der Waals surface area contributed by atoms with Gasteiger partial charge >= 0.3 is 0 Å². The molecule has 4 aliphatic rings. The summed E-state index contributed by atoms with van der Waals surface area (Å²) in [5.41, 5.74) is -0.546. The first-order valence-corrected chi connectivity index (χ1v) is 11.1. The van der Waals surface area contributed by atoms with E-state index in [1.165, 1.54) is 11.3 Å². The summed E-state index contributed by atoms with van der Waals surface area (Å²) in [5, 5.41) is 0. The highest BCUT2D eigenvalue weighted by molar-refractivity contribution is 7.09. The van der Waals surface area contributed by atoms with Crippen molar-refractivity contribution in [3.05, 3.63) is 15.9 Å². The zero-order chi connectivity index (χ0) is 18.5. The molecule has 26 heavy (non-hydrogen) atoms. The molecule has 2 saturated heterocycles. The molecule has 1 aromatic heterocycles. The van der Waals surface area contributed by atoms with Crippen LogP contribution in [-0.2, 0) is 21.5 Å². The Bertz CT molecular complexity index is 718. The van der Waals surface area contributed by atoms with E-state index in [4.69, 9.17) is 4.74 Å². The summed E-state index contributed by atoms with van der Waals surface area (Å²) >= 11 is 1.67. The maximum absolute atomic E-state index is 13.3. The second kappa shape index (κ2) is 6.59. The molecule has 1 aromatic rings. The van der Waals surface area contributed by atoms with Gasteiger partial charge in [0.25, 0.3) is 5.91 Å². The van der Waals surface area contributed by atoms with Crippen LogP contribution in [0.3, 0.4) is 0 Å². The third-order valence-electron chi connectivity index (χ3n) is 6.29. The van der Waals surface area contributed by atoms with Gasteiger partial charge in [0.15, 0.2) is 4.80 Å². The highest BCUT2D eigenvalue weighted by Gasteiger charge is 2.56. The van der Waals surface area contributed by atoms with Crippen LogP contribution in [0.15, 0.2) is 11.2 Å². The zero-order valence-corrected chi connectivity index (χ0v) is 17.4. The summed E-state index contributed by atoms with van der Waals surface area (Å²) in [6.07, 6.45) is 10.1. The van der Waals surface area contributed by atoms with Gasteiger partial charge in [0.2, 0.25) is 0 Å². The molecule has 1 amide bonds. The van der Waals surface area contributed by atoms with Crippen molar-refractivity contribution in [3.8, 4) is 0 Å². The van der Waals surface area contributed by atoms with Gasteiger partial charge in [0.05, 0.1) is 6.10 Å². The minimum atomic E-state index is -0.622. The maximum Gasteiger partial charge on any atom is 0.280 e. The van der Waals surface area contributed by atoms with Crippen LogP contribution in [0.5, 0.6) is 0 Å². The number of rotatable bonds is 4. The molecule has 2 atom stereocenters. The standard InChI is InChI=1S/C21H32N2O2S/c1-5-6-7-23-13-17(20(2,3)4)26-19(23)22-18(24)21-11-14-8-15(12-21)10-16(9-14)25-21/h13-16H,5-12H2,1-4H3/b22-19-. The molecule has 0 radical (unpaired) electrons. The minimum Gasteiger partial charge on any atom is -0.362 e. The third kappa shape index (κ3) is 3.33. The lowest BCUT2D eigenvalue weighted by Gasteiger charge is -2.54. The molecular weight excluding hydrogens is 344 g/mol. The van der Waals surface area contributed by atoms with Crippen LogP contribution in [0.2, 0.25) is 0 Å². The van der Waals surface area contributed by atoms with Gasteiger partial charge in [-0.05, 0) is 55.8 Å². The quantitative estimate of drug-likeness (QED) is 0.780. The molecular formula is C21H32N2O2S. The molecule has 0 spiro atoms. The first kappa shape index (κ1) is 18.4. The largest absolute Gasteiger partial charge is 0.362 e. The fourth-order valence-corrected chi connectivity index (χ4v) is 6.15. The van der Waals surface area contributed by atoms with Crippen LogP contribution in [0, 0.1) is 11.8 Å². The molecule has 5 heteroatoms. The Morgan fingerprint density at radius 3 is 2.58 bits per heavy atom. The van der Waals surface area contributed by atoms with Crippen LogP contribution < -0.4 is 4.80 Å². The van der Waals surface area contributed by atoms with Crippen molar-refractivity contribution in [3.63, 3.8) is 0 Å². The zero-order valence-electron chi connectivity index (χ0n) is 16.6. The first-order chi connectivity index (χ1) is 12.3. The van der Waals surface area contributed by atoms with E-state index in [1.807, 2.05) is 0 Å². The molecule has 4 nitrogen and oxygen atoms in total. The van der Waals surface area contributed by atoms with Crippen molar-refractivity contribution in [1.29, 1.82) is 0 Å². The van der Waals surface area contributed by atoms with E-state index in [1.54, 1.807) is 11.3 Å². The van der Waals surface area contributed by atoms with E-state index in [0.717, 1.165) is 49.9 Å². The molecule has 4 fully saturated rings. The van der Waals surface area contributed by atoms with Gasteiger partial charge in [0.1, 0.15) is 5.60 Å². The summed E-state index contributed by atoms with van der Waals surface area (Å²) in [7, 11) is 0. The number of carbonyl (C=O) groups is 1. The van der Waals surface area contributed by atoms with E-state index in [-0.39, 0.29) is 11.3 Å². The normalized spacial score (nSPS) is 33.8. The van der Waals surface area contributed by atoms with Gasteiger partial charge in [-0.1, -0.05) is 34.1 Å². The van der Waals surface area contributed by atoms with Crippen molar-refractivity contribution in [1.82, 2.24) is 4.57 Å². The number of hydrogen-bond acceptors (Lipinski definition) is 3. The van der Waals surface area contributed by atoms with Crippen LogP contribution in [0.1, 0.15) is 77.5 Å². The predicted octanol–water partition coefficient (Wildman–Crippen LogP) is 4.42. The number of aromatic nitrogens is 1. The number of ether oxygens (including phenoxy) is 1. The molecule has 4 bridgehead atoms. The second-order valence-corrected chi connectivity index (χ2v) is 10.7. The van der Waals surface area contributed by atoms with Gasteiger partial charge < -0.3 is 9.30 Å². The molecule has 0 aromatic carbocycles. The predicted molar refractivity (Wildman–Crippen MR) is 104 cm³/mol. The average molecular weight is 377 g/mol. The number of thiazole rings is 1. The Hall–Kier alpha value is -0.940. The van der Waals surface area contributed by atoms with Crippen LogP contribution in [0.4, 0.5) is 0 Å². The summed E-state index contributed by atoms with van der Waals surface area (Å²) in [6, 6.07) is 0. The lowest BCUT2D eigenvalue weighted by Crippen LogP contribution is -2.58. The average Bonchev–Trinajstić information content (AvgIpc) is 2.94. The molecule has 5 rings (SSSR count). The van der Waals surface area contributed by atoms with Gasteiger partial charge in [-0.15, -0.1) is 11.3 Å². The Morgan fingerprint density at radius 2 is 2.00 bits per heavy atom. The van der Waals surface area contributed by atoms with Gasteiger partial charge in [-0.2, -0.15) is 4.99 Å². The first-order valence-electron chi connectivity index (χ1n) is 10.3. The van der Waals surface area contributed by atoms with Crippen molar-refractivity contribution in [2.45, 2.75) is 96.3 Å². The molecule has 2 saturated carbocycles. The lowest BCUT2D eigenvalue weighted by atomic mass is 9.62. The molecule has 2 unspecified atom stereocenters. The number of carbonyl (C=O) groups excluding carboxylic acids is 1. The fraction of sp³-hybridized carbons (Fsp3) is 0.810. The summed E-state index contributed by atoms with van der Waals surface area (Å²) in [4.78, 5) is 20.0. The van der Waals surface area contributed by atoms with Crippen LogP contribution in [-0.4, -0.2) is 22.2 Å². The number of aryl methyl sites for hydroxylation is 1.